The smallest absolute Gasteiger partial charge is 0.410 e. The molecule has 1 saturated heterocycles. The summed E-state index contributed by atoms with van der Waals surface area (Å²) in [4.78, 5) is 18.4. The van der Waals surface area contributed by atoms with Crippen LogP contribution in [0.4, 0.5) is 4.79 Å². The van der Waals surface area contributed by atoms with Crippen LogP contribution in [0, 0.1) is 0 Å². The molecule has 152 valence electrons. The number of imidazole rings is 1. The summed E-state index contributed by atoms with van der Waals surface area (Å²) in [6.07, 6.45) is 9.80. The molecule has 1 aromatic rings. The fourth-order valence-electron chi connectivity index (χ4n) is 3.19. The summed E-state index contributed by atoms with van der Waals surface area (Å²) in [7, 11) is -1.87. The van der Waals surface area contributed by atoms with Crippen LogP contribution in [0.3, 0.4) is 0 Å². The van der Waals surface area contributed by atoms with Gasteiger partial charge in [-0.1, -0.05) is 33.4 Å². The van der Waals surface area contributed by atoms with Crippen molar-refractivity contribution in [3.05, 3.63) is 31.4 Å². The monoisotopic (exact) mass is 393 g/mol. The summed E-state index contributed by atoms with van der Waals surface area (Å²) in [6.45, 7) is 16.6. The first-order valence-corrected chi connectivity index (χ1v) is 12.7. The summed E-state index contributed by atoms with van der Waals surface area (Å²) in [5.74, 6) is 0. The molecule has 2 heterocycles. The maximum atomic E-state index is 12.5. The third-order valence-electron chi connectivity index (χ3n) is 5.72. The first-order valence-electron chi connectivity index (χ1n) is 9.82. The molecule has 1 fully saturated rings. The molecule has 0 saturated carbocycles. The number of ether oxygens (including phenoxy) is 1. The van der Waals surface area contributed by atoms with Crippen LogP contribution in [-0.2, 0) is 15.7 Å². The number of aromatic nitrogens is 2. The molecule has 1 aliphatic heterocycles. The lowest BCUT2D eigenvalue weighted by Crippen LogP contribution is -2.44. The van der Waals surface area contributed by atoms with Crippen LogP contribution in [0.15, 0.2) is 31.4 Å². The fraction of sp³-hybridized carbons (Fsp3) is 0.700. The summed E-state index contributed by atoms with van der Waals surface area (Å²) in [5.41, 5.74) is 0. The van der Waals surface area contributed by atoms with Crippen LogP contribution >= 0.6 is 0 Å². The van der Waals surface area contributed by atoms with Crippen LogP contribution in [0.2, 0.25) is 18.1 Å². The SMILES string of the molecule is C=CCOC(=O)N1C[C@H](O[Si](C)(C)C(C)(C)C)C[C@H]1CCCn1ccnc1. The molecule has 0 unspecified atom stereocenters. The van der Waals surface area contributed by atoms with E-state index in [0.717, 1.165) is 25.8 Å². The molecular formula is C20H35N3O3Si. The van der Waals surface area contributed by atoms with Crippen molar-refractivity contribution < 1.29 is 14.0 Å². The lowest BCUT2D eigenvalue weighted by Gasteiger charge is -2.38. The summed E-state index contributed by atoms with van der Waals surface area (Å²) >= 11 is 0. The average molecular weight is 394 g/mol. The number of carbonyl (C=O) groups is 1. The van der Waals surface area contributed by atoms with Crippen molar-refractivity contribution in [1.82, 2.24) is 14.5 Å². The Balaban J connectivity index is 1.99. The van der Waals surface area contributed by atoms with Gasteiger partial charge >= 0.3 is 6.09 Å². The lowest BCUT2D eigenvalue weighted by molar-refractivity contribution is 0.101. The van der Waals surface area contributed by atoms with Crippen molar-refractivity contribution in [2.45, 2.75) is 76.9 Å². The predicted octanol–water partition coefficient (Wildman–Crippen LogP) is 4.45. The second-order valence-electron chi connectivity index (χ2n) is 8.85. The molecule has 27 heavy (non-hydrogen) atoms. The van der Waals surface area contributed by atoms with Crippen molar-refractivity contribution in [3.8, 4) is 0 Å². The van der Waals surface area contributed by atoms with Crippen molar-refractivity contribution in [2.75, 3.05) is 13.2 Å². The van der Waals surface area contributed by atoms with Crippen molar-refractivity contribution in [2.24, 2.45) is 0 Å². The minimum atomic E-state index is -1.87. The molecule has 1 amide bonds. The number of carbonyl (C=O) groups excluding carboxylic acids is 1. The van der Waals surface area contributed by atoms with Gasteiger partial charge in [0, 0.05) is 31.5 Å². The molecule has 0 aromatic carbocycles. The van der Waals surface area contributed by atoms with E-state index in [4.69, 9.17) is 9.16 Å². The lowest BCUT2D eigenvalue weighted by atomic mass is 10.1. The van der Waals surface area contributed by atoms with E-state index in [1.807, 2.05) is 17.4 Å². The number of rotatable bonds is 8. The molecule has 2 rings (SSSR count). The molecule has 0 radical (unpaired) electrons. The molecule has 1 aromatic heterocycles. The second kappa shape index (κ2) is 9.06. The minimum Gasteiger partial charge on any atom is -0.445 e. The van der Waals surface area contributed by atoms with Gasteiger partial charge in [-0.3, -0.25) is 0 Å². The van der Waals surface area contributed by atoms with E-state index < -0.39 is 8.32 Å². The van der Waals surface area contributed by atoms with E-state index in [2.05, 4.69) is 50.0 Å². The maximum absolute atomic E-state index is 12.5. The Morgan fingerprint density at radius 1 is 1.41 bits per heavy atom. The van der Waals surface area contributed by atoms with Crippen molar-refractivity contribution >= 4 is 14.4 Å². The van der Waals surface area contributed by atoms with Gasteiger partial charge < -0.3 is 18.6 Å². The summed E-state index contributed by atoms with van der Waals surface area (Å²) in [6, 6.07) is 0.153. The number of hydrogen-bond donors (Lipinski definition) is 0. The molecule has 2 atom stereocenters. The molecule has 7 heteroatoms. The quantitative estimate of drug-likeness (QED) is 0.484. The van der Waals surface area contributed by atoms with E-state index in [-0.39, 0.29) is 29.9 Å². The van der Waals surface area contributed by atoms with Crippen LogP contribution in [0.1, 0.15) is 40.0 Å². The zero-order valence-electron chi connectivity index (χ0n) is 17.5. The van der Waals surface area contributed by atoms with E-state index in [1.54, 1.807) is 12.3 Å². The van der Waals surface area contributed by atoms with E-state index >= 15 is 0 Å². The first-order chi connectivity index (χ1) is 12.6. The molecule has 0 aliphatic carbocycles. The molecule has 1 aliphatic rings. The molecule has 0 spiro atoms. The van der Waals surface area contributed by atoms with E-state index in [1.165, 1.54) is 0 Å². The third kappa shape index (κ3) is 5.94. The van der Waals surface area contributed by atoms with Gasteiger partial charge in [-0.2, -0.15) is 0 Å². The van der Waals surface area contributed by atoms with Gasteiger partial charge in [0.1, 0.15) is 6.61 Å². The van der Waals surface area contributed by atoms with Crippen molar-refractivity contribution in [1.29, 1.82) is 0 Å². The highest BCUT2D eigenvalue weighted by Crippen LogP contribution is 2.39. The van der Waals surface area contributed by atoms with Gasteiger partial charge in [0.2, 0.25) is 0 Å². The number of amides is 1. The first kappa shape index (κ1) is 21.7. The Hall–Kier alpha value is -1.60. The fourth-order valence-corrected chi connectivity index (χ4v) is 4.55. The Labute approximate surface area is 164 Å². The second-order valence-corrected chi connectivity index (χ2v) is 13.6. The van der Waals surface area contributed by atoms with Gasteiger partial charge in [-0.15, -0.1) is 0 Å². The summed E-state index contributed by atoms with van der Waals surface area (Å²) in [5, 5.41) is 0.153. The highest BCUT2D eigenvalue weighted by Gasteiger charge is 2.43. The van der Waals surface area contributed by atoms with Crippen LogP contribution in [-0.4, -0.2) is 54.2 Å². The Morgan fingerprint density at radius 3 is 2.74 bits per heavy atom. The Bertz CT molecular complexity index is 610. The van der Waals surface area contributed by atoms with Crippen LogP contribution in [0.5, 0.6) is 0 Å². The normalized spacial score (nSPS) is 20.7. The molecule has 6 nitrogen and oxygen atoms in total. The number of nitrogens with zero attached hydrogens (tertiary/aromatic N) is 3. The predicted molar refractivity (Wildman–Crippen MR) is 110 cm³/mol. The van der Waals surface area contributed by atoms with Gasteiger partial charge in [-0.05, 0) is 37.4 Å². The van der Waals surface area contributed by atoms with Gasteiger partial charge in [-0.25, -0.2) is 9.78 Å². The molecule has 0 N–H and O–H groups in total. The molecular weight excluding hydrogens is 358 g/mol. The Morgan fingerprint density at radius 2 is 2.15 bits per heavy atom. The number of aryl methyl sites for hydroxylation is 1. The zero-order chi connectivity index (χ0) is 20.1. The zero-order valence-corrected chi connectivity index (χ0v) is 18.5. The highest BCUT2D eigenvalue weighted by molar-refractivity contribution is 6.74. The van der Waals surface area contributed by atoms with E-state index in [9.17, 15) is 4.79 Å². The number of likely N-dealkylation sites (tertiary alicyclic amines) is 1. The van der Waals surface area contributed by atoms with E-state index in [0.29, 0.717) is 6.54 Å². The third-order valence-corrected chi connectivity index (χ3v) is 10.3. The largest absolute Gasteiger partial charge is 0.445 e. The van der Waals surface area contributed by atoms with Crippen LogP contribution in [0.25, 0.3) is 0 Å². The average Bonchev–Trinajstić information content (AvgIpc) is 3.21. The highest BCUT2D eigenvalue weighted by atomic mass is 28.4. The van der Waals surface area contributed by atoms with Crippen LogP contribution < -0.4 is 0 Å². The standard InChI is InChI=1S/C20H35N3O3Si/c1-7-13-25-19(24)23-15-18(26-27(5,6)20(2,3)4)14-17(23)9-8-11-22-12-10-21-16-22/h7,10,12,16-18H,1,8-9,11,13-15H2,2-6H3/t17-,18-/m1/s1. The van der Waals surface area contributed by atoms with Crippen molar-refractivity contribution in [3.63, 3.8) is 0 Å². The van der Waals surface area contributed by atoms with Gasteiger partial charge in [0.05, 0.1) is 12.4 Å². The number of hydrogen-bond acceptors (Lipinski definition) is 4. The minimum absolute atomic E-state index is 0.0837. The summed E-state index contributed by atoms with van der Waals surface area (Å²) < 4.78 is 14.0. The molecule has 0 bridgehead atoms. The van der Waals surface area contributed by atoms with Gasteiger partial charge in [0.25, 0.3) is 0 Å². The maximum Gasteiger partial charge on any atom is 0.410 e. The Kier molecular flexibility index (Phi) is 7.28. The van der Waals surface area contributed by atoms with Gasteiger partial charge in [0.15, 0.2) is 8.32 Å². The topological polar surface area (TPSA) is 56.6 Å².